The van der Waals surface area contributed by atoms with Gasteiger partial charge in [0, 0.05) is 17.4 Å². The summed E-state index contributed by atoms with van der Waals surface area (Å²) in [6, 6.07) is 11.9. The van der Waals surface area contributed by atoms with Gasteiger partial charge in [0.25, 0.3) is 0 Å². The van der Waals surface area contributed by atoms with Crippen LogP contribution in [0.1, 0.15) is 39.2 Å². The van der Waals surface area contributed by atoms with Crippen LogP contribution in [0.15, 0.2) is 42.6 Å². The van der Waals surface area contributed by atoms with Crippen molar-refractivity contribution < 1.29 is 0 Å². The van der Waals surface area contributed by atoms with Gasteiger partial charge in [0.05, 0.1) is 5.69 Å². The van der Waals surface area contributed by atoms with E-state index in [9.17, 15) is 0 Å². The van der Waals surface area contributed by atoms with Gasteiger partial charge in [0.1, 0.15) is 0 Å². The number of hydrogen-bond acceptors (Lipinski definition) is 2. The van der Waals surface area contributed by atoms with E-state index in [0.29, 0.717) is 5.92 Å². The van der Waals surface area contributed by atoms with Crippen molar-refractivity contribution in [3.63, 3.8) is 0 Å². The maximum atomic E-state index is 5.91. The normalized spacial score (nSPS) is 9.83. The molecule has 0 radical (unpaired) electrons. The molecule has 0 atom stereocenters. The summed E-state index contributed by atoms with van der Waals surface area (Å²) in [6.07, 6.45) is 1.92. The zero-order chi connectivity index (χ0) is 13.5. The molecule has 0 fully saturated rings. The summed E-state index contributed by atoms with van der Waals surface area (Å²) in [5, 5.41) is 0. The summed E-state index contributed by atoms with van der Waals surface area (Å²) in [6.45, 7) is 8.32. The van der Waals surface area contributed by atoms with E-state index in [4.69, 9.17) is 5.73 Å². The Bertz CT molecular complexity index is 473. The Morgan fingerprint density at radius 3 is 2.17 bits per heavy atom. The predicted molar refractivity (Wildman–Crippen MR) is 79.5 cm³/mol. The quantitative estimate of drug-likeness (QED) is 0.788. The highest BCUT2D eigenvalue weighted by Gasteiger charge is 2.04. The number of nitrogens with zero attached hydrogens (tertiary/aromatic N) is 1. The second-order valence-electron chi connectivity index (χ2n) is 4.22. The van der Waals surface area contributed by atoms with Crippen LogP contribution in [0.3, 0.4) is 0 Å². The van der Waals surface area contributed by atoms with Crippen LogP contribution in [0, 0.1) is 0 Å². The molecule has 0 aliphatic carbocycles. The monoisotopic (exact) mass is 242 g/mol. The van der Waals surface area contributed by atoms with Crippen molar-refractivity contribution in [1.29, 1.82) is 0 Å². The first-order chi connectivity index (χ1) is 8.68. The van der Waals surface area contributed by atoms with Crippen LogP contribution >= 0.6 is 0 Å². The van der Waals surface area contributed by atoms with Gasteiger partial charge >= 0.3 is 0 Å². The number of pyridine rings is 1. The molecule has 0 saturated carbocycles. The zero-order valence-electron chi connectivity index (χ0n) is 11.6. The Labute approximate surface area is 110 Å². The summed E-state index contributed by atoms with van der Waals surface area (Å²) in [5.41, 5.74) is 9.86. The Hall–Kier alpha value is -1.83. The number of anilines is 1. The lowest BCUT2D eigenvalue weighted by atomic mass is 10.0. The van der Waals surface area contributed by atoms with Crippen molar-refractivity contribution >= 4 is 5.69 Å². The molecule has 2 nitrogen and oxygen atoms in total. The molecule has 0 bridgehead atoms. The Morgan fingerprint density at radius 2 is 1.67 bits per heavy atom. The third-order valence-corrected chi connectivity index (χ3v) is 2.69. The molecule has 96 valence electrons. The fourth-order valence-electron chi connectivity index (χ4n) is 1.64. The third-order valence-electron chi connectivity index (χ3n) is 2.69. The maximum absolute atomic E-state index is 5.91. The molecule has 0 spiro atoms. The van der Waals surface area contributed by atoms with Gasteiger partial charge in [-0.05, 0) is 23.6 Å². The Morgan fingerprint density at radius 1 is 1.00 bits per heavy atom. The minimum absolute atomic E-state index is 0.509. The van der Waals surface area contributed by atoms with Crippen molar-refractivity contribution in [3.8, 4) is 11.3 Å². The number of para-hydroxylation sites is 1. The zero-order valence-corrected chi connectivity index (χ0v) is 11.6. The Balaban J connectivity index is 0.000000771. The average Bonchev–Trinajstić information content (AvgIpc) is 2.42. The summed E-state index contributed by atoms with van der Waals surface area (Å²) in [5.74, 6) is 0.509. The molecule has 1 aromatic carbocycles. The number of benzene rings is 1. The summed E-state index contributed by atoms with van der Waals surface area (Å²) >= 11 is 0. The summed E-state index contributed by atoms with van der Waals surface area (Å²) in [4.78, 5) is 4.45. The lowest BCUT2D eigenvalue weighted by Crippen LogP contribution is -1.93. The second kappa shape index (κ2) is 6.80. The first kappa shape index (κ1) is 14.2. The van der Waals surface area contributed by atoms with Crippen LogP contribution in [0.25, 0.3) is 11.3 Å². The first-order valence-electron chi connectivity index (χ1n) is 6.49. The smallest absolute Gasteiger partial charge is 0.0722 e. The molecule has 2 rings (SSSR count). The molecule has 2 N–H and O–H groups in total. The van der Waals surface area contributed by atoms with E-state index in [1.807, 2.05) is 50.4 Å². The molecular weight excluding hydrogens is 220 g/mol. The molecule has 0 amide bonds. The van der Waals surface area contributed by atoms with E-state index in [0.717, 1.165) is 16.9 Å². The molecule has 1 aromatic heterocycles. The van der Waals surface area contributed by atoms with E-state index in [2.05, 4.69) is 24.9 Å². The molecular formula is C16H22N2. The number of nitrogens with two attached hydrogens (primary N) is 1. The van der Waals surface area contributed by atoms with E-state index >= 15 is 0 Å². The van der Waals surface area contributed by atoms with E-state index in [1.165, 1.54) is 5.56 Å². The second-order valence-corrected chi connectivity index (χ2v) is 4.22. The summed E-state index contributed by atoms with van der Waals surface area (Å²) < 4.78 is 0. The van der Waals surface area contributed by atoms with Gasteiger partial charge in [-0.25, -0.2) is 0 Å². The SMILES string of the molecule is CC.CC(C)c1ccc(-c2ccccc2N)nc1. The van der Waals surface area contributed by atoms with Gasteiger partial charge < -0.3 is 5.73 Å². The van der Waals surface area contributed by atoms with Gasteiger partial charge in [-0.2, -0.15) is 0 Å². The maximum Gasteiger partial charge on any atom is 0.0722 e. The standard InChI is InChI=1S/C14H16N2.C2H6/c1-10(2)11-7-8-14(16-9-11)12-5-3-4-6-13(12)15;1-2/h3-10H,15H2,1-2H3;1-2H3. The van der Waals surface area contributed by atoms with Crippen LogP contribution in [0.5, 0.6) is 0 Å². The highest BCUT2D eigenvalue weighted by molar-refractivity contribution is 5.73. The van der Waals surface area contributed by atoms with E-state index < -0.39 is 0 Å². The predicted octanol–water partition coefficient (Wildman–Crippen LogP) is 4.48. The molecule has 2 heteroatoms. The van der Waals surface area contributed by atoms with Gasteiger partial charge in [-0.3, -0.25) is 4.98 Å². The topological polar surface area (TPSA) is 38.9 Å². The van der Waals surface area contributed by atoms with Crippen molar-refractivity contribution in [2.75, 3.05) is 5.73 Å². The highest BCUT2D eigenvalue weighted by atomic mass is 14.7. The fraction of sp³-hybridized carbons (Fsp3) is 0.312. The lowest BCUT2D eigenvalue weighted by Gasteiger charge is -2.07. The lowest BCUT2D eigenvalue weighted by molar-refractivity contribution is 0.859. The average molecular weight is 242 g/mol. The van der Waals surface area contributed by atoms with Crippen LogP contribution < -0.4 is 5.73 Å². The van der Waals surface area contributed by atoms with Crippen LogP contribution in [-0.2, 0) is 0 Å². The van der Waals surface area contributed by atoms with Crippen LogP contribution in [0.2, 0.25) is 0 Å². The van der Waals surface area contributed by atoms with Gasteiger partial charge in [0.2, 0.25) is 0 Å². The number of rotatable bonds is 2. The van der Waals surface area contributed by atoms with E-state index in [1.54, 1.807) is 0 Å². The van der Waals surface area contributed by atoms with Crippen molar-refractivity contribution in [2.24, 2.45) is 0 Å². The van der Waals surface area contributed by atoms with Crippen molar-refractivity contribution in [1.82, 2.24) is 4.98 Å². The van der Waals surface area contributed by atoms with Crippen LogP contribution in [0.4, 0.5) is 5.69 Å². The number of nitrogen functional groups attached to an aromatic ring is 1. The molecule has 2 aromatic rings. The highest BCUT2D eigenvalue weighted by Crippen LogP contribution is 2.24. The molecule has 18 heavy (non-hydrogen) atoms. The van der Waals surface area contributed by atoms with Gasteiger partial charge in [0.15, 0.2) is 0 Å². The number of hydrogen-bond donors (Lipinski definition) is 1. The van der Waals surface area contributed by atoms with Crippen molar-refractivity contribution in [2.45, 2.75) is 33.6 Å². The van der Waals surface area contributed by atoms with Gasteiger partial charge in [-0.1, -0.05) is 52.0 Å². The van der Waals surface area contributed by atoms with Crippen LogP contribution in [-0.4, -0.2) is 4.98 Å². The van der Waals surface area contributed by atoms with Gasteiger partial charge in [-0.15, -0.1) is 0 Å². The minimum Gasteiger partial charge on any atom is -0.398 e. The molecule has 0 unspecified atom stereocenters. The first-order valence-corrected chi connectivity index (χ1v) is 6.49. The largest absolute Gasteiger partial charge is 0.398 e. The fourth-order valence-corrected chi connectivity index (χ4v) is 1.64. The summed E-state index contributed by atoms with van der Waals surface area (Å²) in [7, 11) is 0. The molecule has 0 aliphatic heterocycles. The third kappa shape index (κ3) is 3.33. The Kier molecular flexibility index (Phi) is 5.37. The van der Waals surface area contributed by atoms with E-state index in [-0.39, 0.29) is 0 Å². The minimum atomic E-state index is 0.509. The van der Waals surface area contributed by atoms with Crippen molar-refractivity contribution in [3.05, 3.63) is 48.2 Å². The molecule has 1 heterocycles. The number of aromatic nitrogens is 1. The molecule has 0 saturated heterocycles. The molecule has 0 aliphatic rings.